The van der Waals surface area contributed by atoms with Gasteiger partial charge in [-0.1, -0.05) is 50.9 Å². The molecule has 15 heavy (non-hydrogen) atoms. The Balaban J connectivity index is 4.89. The van der Waals surface area contributed by atoms with Crippen LogP contribution in [0, 0.1) is 10.3 Å². The molecule has 0 spiro atoms. The minimum Gasteiger partial charge on any atom is -0.151 e. The van der Waals surface area contributed by atoms with Crippen LogP contribution >= 0.6 is 0 Å². The fourth-order valence-corrected chi connectivity index (χ4v) is 2.21. The van der Waals surface area contributed by atoms with Gasteiger partial charge in [0.05, 0.1) is 6.54 Å². The maximum atomic E-state index is 10.6. The van der Waals surface area contributed by atoms with Crippen LogP contribution in [0.4, 0.5) is 0 Å². The third kappa shape index (κ3) is 3.77. The largest absolute Gasteiger partial charge is 0.151 e. The van der Waals surface area contributed by atoms with Crippen molar-refractivity contribution in [3.05, 3.63) is 16.6 Å². The molecule has 0 radical (unpaired) electrons. The van der Waals surface area contributed by atoms with Gasteiger partial charge in [0.15, 0.2) is 0 Å². The van der Waals surface area contributed by atoms with E-state index in [2.05, 4.69) is 38.9 Å². The lowest BCUT2D eigenvalue weighted by Gasteiger charge is -2.31. The topological polar surface area (TPSA) is 29.4 Å². The molecule has 88 valence electrons. The number of unbranched alkanes of at least 4 members (excludes halogenated alkanes) is 1. The summed E-state index contributed by atoms with van der Waals surface area (Å²) in [5.74, 6) is 0. The molecule has 0 fully saturated rings. The van der Waals surface area contributed by atoms with Crippen LogP contribution in [0.5, 0.6) is 0 Å². The second-order valence-electron chi connectivity index (χ2n) is 4.15. The van der Waals surface area contributed by atoms with Crippen molar-refractivity contribution >= 4 is 0 Å². The smallest absolute Gasteiger partial charge is 0.0904 e. The van der Waals surface area contributed by atoms with E-state index < -0.39 is 0 Å². The van der Waals surface area contributed by atoms with E-state index in [1.807, 2.05) is 0 Å². The summed E-state index contributed by atoms with van der Waals surface area (Å²) in [5.41, 5.74) is 1.46. The monoisotopic (exact) mass is 211 g/mol. The van der Waals surface area contributed by atoms with Gasteiger partial charge < -0.3 is 0 Å². The van der Waals surface area contributed by atoms with Crippen molar-refractivity contribution in [2.45, 2.75) is 59.8 Å². The molecule has 0 N–H and O–H groups in total. The molecule has 0 atom stereocenters. The molecular formula is C13H25NO. The van der Waals surface area contributed by atoms with Crippen LogP contribution in [0.25, 0.3) is 0 Å². The van der Waals surface area contributed by atoms with Gasteiger partial charge >= 0.3 is 0 Å². The van der Waals surface area contributed by atoms with Crippen molar-refractivity contribution in [3.63, 3.8) is 0 Å². The number of nitroso groups, excluding NO2 is 1. The van der Waals surface area contributed by atoms with Gasteiger partial charge in [0, 0.05) is 5.41 Å². The Bertz CT molecular complexity index is 205. The highest BCUT2D eigenvalue weighted by Gasteiger charge is 2.29. The van der Waals surface area contributed by atoms with Gasteiger partial charge in [0.2, 0.25) is 0 Å². The van der Waals surface area contributed by atoms with Crippen LogP contribution in [-0.2, 0) is 0 Å². The van der Waals surface area contributed by atoms with Gasteiger partial charge in [-0.25, -0.2) is 0 Å². The Morgan fingerprint density at radius 1 is 1.20 bits per heavy atom. The summed E-state index contributed by atoms with van der Waals surface area (Å²) in [6, 6.07) is 0. The van der Waals surface area contributed by atoms with Crippen molar-refractivity contribution in [3.8, 4) is 0 Å². The SMILES string of the molecule is CCCC=C(CC)C(CC)(CC)CN=O. The lowest BCUT2D eigenvalue weighted by Crippen LogP contribution is -2.25. The summed E-state index contributed by atoms with van der Waals surface area (Å²) >= 11 is 0. The minimum atomic E-state index is 0.0334. The first-order valence-corrected chi connectivity index (χ1v) is 6.19. The molecule has 0 saturated carbocycles. The number of hydrogen-bond donors (Lipinski definition) is 0. The molecule has 0 amide bonds. The predicted octanol–water partition coefficient (Wildman–Crippen LogP) is 4.70. The predicted molar refractivity (Wildman–Crippen MR) is 67.0 cm³/mol. The van der Waals surface area contributed by atoms with Gasteiger partial charge in [-0.2, -0.15) is 4.91 Å². The molecule has 0 bridgehead atoms. The van der Waals surface area contributed by atoms with Crippen molar-refractivity contribution < 1.29 is 0 Å². The van der Waals surface area contributed by atoms with Gasteiger partial charge in [0.25, 0.3) is 0 Å². The normalized spacial score (nSPS) is 12.9. The molecule has 2 heteroatoms. The van der Waals surface area contributed by atoms with Crippen LogP contribution in [0.1, 0.15) is 59.8 Å². The highest BCUT2D eigenvalue weighted by atomic mass is 16.3. The minimum absolute atomic E-state index is 0.0334. The fourth-order valence-electron chi connectivity index (χ4n) is 2.21. The quantitative estimate of drug-likeness (QED) is 0.423. The lowest BCUT2D eigenvalue weighted by atomic mass is 9.74. The zero-order chi connectivity index (χ0) is 11.7. The zero-order valence-electron chi connectivity index (χ0n) is 10.7. The van der Waals surface area contributed by atoms with Crippen LogP contribution in [0.15, 0.2) is 16.8 Å². The standard InChI is InChI=1S/C13H25NO/c1-5-9-10-12(6-2)13(7-3,8-4)11-14-15/h10H,5-9,11H2,1-4H3. The summed E-state index contributed by atoms with van der Waals surface area (Å²) in [6.07, 6.45) is 7.66. The second-order valence-corrected chi connectivity index (χ2v) is 4.15. The number of allylic oxidation sites excluding steroid dienone is 1. The number of nitrogens with zero attached hydrogens (tertiary/aromatic N) is 1. The van der Waals surface area contributed by atoms with Gasteiger partial charge in [0.1, 0.15) is 0 Å². The lowest BCUT2D eigenvalue weighted by molar-refractivity contribution is 0.329. The molecule has 0 aromatic carbocycles. The Morgan fingerprint density at radius 3 is 2.13 bits per heavy atom. The second kappa shape index (κ2) is 7.61. The van der Waals surface area contributed by atoms with Crippen LogP contribution < -0.4 is 0 Å². The van der Waals surface area contributed by atoms with E-state index in [1.165, 1.54) is 12.0 Å². The molecule has 0 aliphatic heterocycles. The van der Waals surface area contributed by atoms with Crippen molar-refractivity contribution in [2.75, 3.05) is 6.54 Å². The summed E-state index contributed by atoms with van der Waals surface area (Å²) in [7, 11) is 0. The van der Waals surface area contributed by atoms with E-state index in [9.17, 15) is 4.91 Å². The first-order chi connectivity index (χ1) is 7.20. The molecule has 2 nitrogen and oxygen atoms in total. The third-order valence-electron chi connectivity index (χ3n) is 3.46. The highest BCUT2D eigenvalue weighted by Crippen LogP contribution is 2.37. The zero-order valence-corrected chi connectivity index (χ0v) is 10.7. The van der Waals surface area contributed by atoms with E-state index >= 15 is 0 Å². The summed E-state index contributed by atoms with van der Waals surface area (Å²) < 4.78 is 0. The van der Waals surface area contributed by atoms with Gasteiger partial charge in [-0.05, 0) is 25.7 Å². The van der Waals surface area contributed by atoms with E-state index in [4.69, 9.17) is 0 Å². The van der Waals surface area contributed by atoms with Crippen LogP contribution in [0.2, 0.25) is 0 Å². The third-order valence-corrected chi connectivity index (χ3v) is 3.46. The Hall–Kier alpha value is -0.660. The van der Waals surface area contributed by atoms with Crippen molar-refractivity contribution in [1.29, 1.82) is 0 Å². The Kier molecular flexibility index (Phi) is 7.27. The molecular weight excluding hydrogens is 186 g/mol. The van der Waals surface area contributed by atoms with Gasteiger partial charge in [-0.3, -0.25) is 0 Å². The maximum Gasteiger partial charge on any atom is 0.0904 e. The molecule has 0 rings (SSSR count). The molecule has 0 aromatic heterocycles. The average molecular weight is 211 g/mol. The molecule has 0 aliphatic rings. The summed E-state index contributed by atoms with van der Waals surface area (Å²) in [5, 5.41) is 3.14. The van der Waals surface area contributed by atoms with Crippen molar-refractivity contribution in [2.24, 2.45) is 10.6 Å². The Labute approximate surface area is 94.1 Å². The molecule has 0 aromatic rings. The van der Waals surface area contributed by atoms with Crippen LogP contribution in [0.3, 0.4) is 0 Å². The first-order valence-electron chi connectivity index (χ1n) is 6.19. The van der Waals surface area contributed by atoms with E-state index in [0.29, 0.717) is 6.54 Å². The maximum absolute atomic E-state index is 10.6. The first kappa shape index (κ1) is 14.3. The van der Waals surface area contributed by atoms with E-state index in [-0.39, 0.29) is 5.41 Å². The fraction of sp³-hybridized carbons (Fsp3) is 0.846. The van der Waals surface area contributed by atoms with Crippen LogP contribution in [-0.4, -0.2) is 6.54 Å². The van der Waals surface area contributed by atoms with Crippen molar-refractivity contribution in [1.82, 2.24) is 0 Å². The average Bonchev–Trinajstić information content (AvgIpc) is 2.28. The summed E-state index contributed by atoms with van der Waals surface area (Å²) in [6.45, 7) is 9.10. The van der Waals surface area contributed by atoms with E-state index in [1.54, 1.807) is 0 Å². The molecule has 0 aliphatic carbocycles. The summed E-state index contributed by atoms with van der Waals surface area (Å²) in [4.78, 5) is 10.6. The molecule has 0 saturated heterocycles. The van der Waals surface area contributed by atoms with Gasteiger partial charge in [-0.15, -0.1) is 0 Å². The molecule has 0 heterocycles. The highest BCUT2D eigenvalue weighted by molar-refractivity contribution is 5.15. The van der Waals surface area contributed by atoms with E-state index in [0.717, 1.165) is 25.7 Å². The number of rotatable bonds is 8. The Morgan fingerprint density at radius 2 is 1.80 bits per heavy atom. The number of hydrogen-bond acceptors (Lipinski definition) is 2. The molecule has 0 unspecified atom stereocenters.